The standard InChI is InChI=1S/C22H23N5O2.2ClH/c1-26-12-21(24-25-26)20-13-27(11-10-23-20)22(28)29-14-19-17-8-4-2-6-15(17)16-7-3-5-9-18(16)19;;/h2-9,12,19-20,23H,10-11,13-14H2,1H3;2*1H. The topological polar surface area (TPSA) is 72.3 Å². The fourth-order valence-electron chi connectivity index (χ4n) is 4.32. The first-order valence-electron chi connectivity index (χ1n) is 9.90. The third kappa shape index (κ3) is 4.39. The first-order valence-corrected chi connectivity index (χ1v) is 9.90. The van der Waals surface area contributed by atoms with Gasteiger partial charge >= 0.3 is 6.09 Å². The van der Waals surface area contributed by atoms with Crippen molar-refractivity contribution in [1.29, 1.82) is 0 Å². The highest BCUT2D eigenvalue weighted by Gasteiger charge is 2.31. The van der Waals surface area contributed by atoms with Crippen molar-refractivity contribution in [2.24, 2.45) is 7.05 Å². The number of nitrogens with one attached hydrogen (secondary N) is 1. The van der Waals surface area contributed by atoms with Gasteiger partial charge in [-0.3, -0.25) is 4.68 Å². The molecule has 2 heterocycles. The van der Waals surface area contributed by atoms with Gasteiger partial charge in [0.25, 0.3) is 0 Å². The number of carbonyl (C=O) groups excluding carboxylic acids is 1. The molecule has 1 fully saturated rings. The van der Waals surface area contributed by atoms with Gasteiger partial charge in [0, 0.05) is 38.8 Å². The van der Waals surface area contributed by atoms with E-state index in [9.17, 15) is 4.79 Å². The minimum atomic E-state index is -0.276. The van der Waals surface area contributed by atoms with Crippen molar-refractivity contribution < 1.29 is 9.53 Å². The molecule has 1 aromatic heterocycles. The Balaban J connectivity index is 0.00000136. The molecule has 1 atom stereocenters. The summed E-state index contributed by atoms with van der Waals surface area (Å²) in [5.74, 6) is 0.0741. The molecule has 3 aromatic rings. The van der Waals surface area contributed by atoms with Crippen molar-refractivity contribution in [3.8, 4) is 11.1 Å². The summed E-state index contributed by atoms with van der Waals surface area (Å²) in [5, 5.41) is 11.5. The Kier molecular flexibility index (Phi) is 7.20. The molecule has 1 N–H and O–H groups in total. The maximum Gasteiger partial charge on any atom is 0.409 e. The summed E-state index contributed by atoms with van der Waals surface area (Å²) in [5.41, 5.74) is 5.74. The number of piperazine rings is 1. The summed E-state index contributed by atoms with van der Waals surface area (Å²) in [6.45, 7) is 2.18. The Morgan fingerprint density at radius 3 is 2.35 bits per heavy atom. The van der Waals surface area contributed by atoms with E-state index in [-0.39, 0.29) is 42.9 Å². The van der Waals surface area contributed by atoms with E-state index in [0.29, 0.717) is 26.2 Å². The molecule has 164 valence electrons. The number of aryl methyl sites for hydroxylation is 1. The third-order valence-corrected chi connectivity index (χ3v) is 5.75. The van der Waals surface area contributed by atoms with Crippen molar-refractivity contribution >= 4 is 30.9 Å². The smallest absolute Gasteiger partial charge is 0.409 e. The van der Waals surface area contributed by atoms with Crippen molar-refractivity contribution in [3.05, 3.63) is 71.5 Å². The molecule has 5 rings (SSSR count). The van der Waals surface area contributed by atoms with Gasteiger partial charge in [0.05, 0.1) is 6.04 Å². The second kappa shape index (κ2) is 9.68. The number of fused-ring (bicyclic) bond motifs is 3. The molecule has 0 radical (unpaired) electrons. The lowest BCUT2D eigenvalue weighted by atomic mass is 9.98. The molecule has 1 unspecified atom stereocenters. The van der Waals surface area contributed by atoms with Crippen molar-refractivity contribution in [1.82, 2.24) is 25.2 Å². The number of amides is 1. The Labute approximate surface area is 193 Å². The van der Waals surface area contributed by atoms with E-state index in [2.05, 4.69) is 52.0 Å². The van der Waals surface area contributed by atoms with Crippen LogP contribution >= 0.6 is 24.8 Å². The van der Waals surface area contributed by atoms with Crippen LogP contribution in [-0.4, -0.2) is 52.2 Å². The minimum absolute atomic E-state index is 0. The summed E-state index contributed by atoms with van der Waals surface area (Å²) in [4.78, 5) is 14.5. The average molecular weight is 462 g/mol. The van der Waals surface area contributed by atoms with E-state index in [1.807, 2.05) is 25.4 Å². The number of benzene rings is 2. The Hall–Kier alpha value is -2.61. The van der Waals surface area contributed by atoms with Gasteiger partial charge in [-0.25, -0.2) is 4.79 Å². The van der Waals surface area contributed by atoms with Crippen LogP contribution in [0.4, 0.5) is 4.79 Å². The van der Waals surface area contributed by atoms with Crippen LogP contribution < -0.4 is 5.32 Å². The van der Waals surface area contributed by atoms with Crippen LogP contribution in [0.1, 0.15) is 28.8 Å². The fourth-order valence-corrected chi connectivity index (χ4v) is 4.32. The van der Waals surface area contributed by atoms with Gasteiger partial charge in [0.15, 0.2) is 0 Å². The molecule has 1 aliphatic carbocycles. The zero-order chi connectivity index (χ0) is 19.8. The van der Waals surface area contributed by atoms with Crippen molar-refractivity contribution in [2.75, 3.05) is 26.2 Å². The second-order valence-corrected chi connectivity index (χ2v) is 7.57. The molecule has 1 aliphatic heterocycles. The second-order valence-electron chi connectivity index (χ2n) is 7.57. The molecular weight excluding hydrogens is 437 g/mol. The van der Waals surface area contributed by atoms with E-state index in [0.717, 1.165) is 5.69 Å². The first kappa shape index (κ1) is 23.1. The van der Waals surface area contributed by atoms with Gasteiger partial charge in [-0.1, -0.05) is 53.7 Å². The van der Waals surface area contributed by atoms with Gasteiger partial charge in [0.1, 0.15) is 12.3 Å². The van der Waals surface area contributed by atoms with E-state index < -0.39 is 0 Å². The van der Waals surface area contributed by atoms with E-state index in [1.165, 1.54) is 22.3 Å². The van der Waals surface area contributed by atoms with Gasteiger partial charge in [-0.05, 0) is 22.3 Å². The minimum Gasteiger partial charge on any atom is -0.448 e. The zero-order valence-corrected chi connectivity index (χ0v) is 18.7. The first-order chi connectivity index (χ1) is 14.2. The molecule has 0 saturated carbocycles. The SMILES string of the molecule is Cl.Cl.Cn1cc(C2CN(C(=O)OCC3c4ccccc4-c4ccccc43)CCN2)nn1. The highest BCUT2D eigenvalue weighted by molar-refractivity contribution is 5.85. The van der Waals surface area contributed by atoms with Crippen LogP contribution in [0.15, 0.2) is 54.7 Å². The summed E-state index contributed by atoms with van der Waals surface area (Å²) in [6.07, 6.45) is 1.60. The molecule has 31 heavy (non-hydrogen) atoms. The predicted molar refractivity (Wildman–Crippen MR) is 123 cm³/mol. The highest BCUT2D eigenvalue weighted by Crippen LogP contribution is 2.44. The van der Waals surface area contributed by atoms with Gasteiger partial charge < -0.3 is 15.0 Å². The lowest BCUT2D eigenvalue weighted by Crippen LogP contribution is -2.48. The van der Waals surface area contributed by atoms with Crippen LogP contribution in [0.25, 0.3) is 11.1 Å². The van der Waals surface area contributed by atoms with Gasteiger partial charge in [-0.15, -0.1) is 29.9 Å². The lowest BCUT2D eigenvalue weighted by molar-refractivity contribution is 0.0880. The molecule has 7 nitrogen and oxygen atoms in total. The number of ether oxygens (including phenoxy) is 1. The zero-order valence-electron chi connectivity index (χ0n) is 17.1. The van der Waals surface area contributed by atoms with Crippen molar-refractivity contribution in [2.45, 2.75) is 12.0 Å². The van der Waals surface area contributed by atoms with Crippen LogP contribution in [0.2, 0.25) is 0 Å². The molecular formula is C22H25Cl2N5O2. The molecule has 9 heteroatoms. The Morgan fingerprint density at radius 1 is 1.10 bits per heavy atom. The number of aromatic nitrogens is 3. The third-order valence-electron chi connectivity index (χ3n) is 5.75. The molecule has 2 aliphatic rings. The number of hydrogen-bond donors (Lipinski definition) is 1. The van der Waals surface area contributed by atoms with Crippen LogP contribution in [0.3, 0.4) is 0 Å². The van der Waals surface area contributed by atoms with Crippen molar-refractivity contribution in [3.63, 3.8) is 0 Å². The summed E-state index contributed by atoms with van der Waals surface area (Å²) in [7, 11) is 1.84. The maximum atomic E-state index is 12.8. The molecule has 0 bridgehead atoms. The predicted octanol–water partition coefficient (Wildman–Crippen LogP) is 3.55. The fraction of sp³-hybridized carbons (Fsp3) is 0.318. The number of carbonyl (C=O) groups is 1. The largest absolute Gasteiger partial charge is 0.448 e. The van der Waals surface area contributed by atoms with Crippen LogP contribution in [0, 0.1) is 0 Å². The number of rotatable bonds is 3. The van der Waals surface area contributed by atoms with E-state index >= 15 is 0 Å². The Bertz CT molecular complexity index is 1010. The van der Waals surface area contributed by atoms with E-state index in [4.69, 9.17) is 4.74 Å². The Morgan fingerprint density at radius 2 is 1.74 bits per heavy atom. The molecule has 0 spiro atoms. The van der Waals surface area contributed by atoms with Gasteiger partial charge in [0.2, 0.25) is 0 Å². The normalized spacial score (nSPS) is 17.2. The van der Waals surface area contributed by atoms with E-state index in [1.54, 1.807) is 9.58 Å². The maximum absolute atomic E-state index is 12.8. The van der Waals surface area contributed by atoms with Crippen LogP contribution in [-0.2, 0) is 11.8 Å². The molecule has 1 saturated heterocycles. The van der Waals surface area contributed by atoms with Crippen LogP contribution in [0.5, 0.6) is 0 Å². The molecule has 1 amide bonds. The number of halogens is 2. The lowest BCUT2D eigenvalue weighted by Gasteiger charge is -2.32. The monoisotopic (exact) mass is 461 g/mol. The van der Waals surface area contributed by atoms with Gasteiger partial charge in [-0.2, -0.15) is 0 Å². The quantitative estimate of drug-likeness (QED) is 0.645. The summed E-state index contributed by atoms with van der Waals surface area (Å²) in [6, 6.07) is 16.7. The highest BCUT2D eigenvalue weighted by atomic mass is 35.5. The average Bonchev–Trinajstić information content (AvgIpc) is 3.34. The molecule has 2 aromatic carbocycles. The number of nitrogens with zero attached hydrogens (tertiary/aromatic N) is 4. The summed E-state index contributed by atoms with van der Waals surface area (Å²) >= 11 is 0. The summed E-state index contributed by atoms with van der Waals surface area (Å²) < 4.78 is 7.46. The number of hydrogen-bond acceptors (Lipinski definition) is 5.